The molecule has 0 fully saturated rings. The molecular weight excluding hydrogens is 386 g/mol. The number of methoxy groups -OCH3 is 1. The Morgan fingerprint density at radius 2 is 1.55 bits per heavy atom. The molecule has 4 nitrogen and oxygen atoms in total. The first-order chi connectivity index (χ1) is 15.3. The van der Waals surface area contributed by atoms with Crippen molar-refractivity contribution in [3.63, 3.8) is 0 Å². The zero-order valence-electron chi connectivity index (χ0n) is 16.9. The molecule has 5 aromatic rings. The second kappa shape index (κ2) is 6.74. The van der Waals surface area contributed by atoms with Gasteiger partial charge in [0.05, 0.1) is 18.4 Å². The van der Waals surface area contributed by atoms with E-state index in [1.165, 1.54) is 0 Å². The minimum atomic E-state index is -0.337. The highest BCUT2D eigenvalue weighted by Crippen LogP contribution is 2.50. The highest BCUT2D eigenvalue weighted by atomic mass is 16.5. The van der Waals surface area contributed by atoms with Crippen molar-refractivity contribution in [1.82, 2.24) is 0 Å². The van der Waals surface area contributed by atoms with E-state index in [-0.39, 0.29) is 11.5 Å². The van der Waals surface area contributed by atoms with Crippen LogP contribution in [0.15, 0.2) is 94.1 Å². The Morgan fingerprint density at radius 3 is 2.42 bits per heavy atom. The van der Waals surface area contributed by atoms with Crippen molar-refractivity contribution in [2.45, 2.75) is 5.92 Å². The number of nitrogens with one attached hydrogen (secondary N) is 1. The van der Waals surface area contributed by atoms with Crippen LogP contribution in [0.5, 0.6) is 5.75 Å². The Labute approximate surface area is 178 Å². The average molecular weight is 405 g/mol. The van der Waals surface area contributed by atoms with E-state index < -0.39 is 0 Å². The summed E-state index contributed by atoms with van der Waals surface area (Å²) in [5.41, 5.74) is 4.61. The maximum Gasteiger partial charge on any atom is 0.342 e. The van der Waals surface area contributed by atoms with Crippen molar-refractivity contribution < 1.29 is 9.15 Å². The summed E-state index contributed by atoms with van der Waals surface area (Å²) < 4.78 is 11.5. The molecule has 6 rings (SSSR count). The molecule has 0 bridgehead atoms. The Kier molecular flexibility index (Phi) is 3.87. The van der Waals surface area contributed by atoms with Gasteiger partial charge in [-0.3, -0.25) is 0 Å². The van der Waals surface area contributed by atoms with Crippen LogP contribution >= 0.6 is 0 Å². The first-order valence-electron chi connectivity index (χ1n) is 10.2. The fraction of sp³-hybridized carbons (Fsp3) is 0.0741. The number of rotatable bonds is 2. The molecule has 1 aromatic heterocycles. The molecule has 0 amide bonds. The van der Waals surface area contributed by atoms with E-state index in [2.05, 4.69) is 29.6 Å². The molecule has 1 unspecified atom stereocenters. The predicted molar refractivity (Wildman–Crippen MR) is 124 cm³/mol. The molecule has 150 valence electrons. The number of ether oxygens (including phenoxy) is 1. The van der Waals surface area contributed by atoms with Gasteiger partial charge >= 0.3 is 5.63 Å². The number of fused-ring (bicyclic) bond motifs is 6. The van der Waals surface area contributed by atoms with Gasteiger partial charge in [-0.05, 0) is 40.6 Å². The predicted octanol–water partition coefficient (Wildman–Crippen LogP) is 6.19. The molecule has 1 N–H and O–H groups in total. The Hall–Kier alpha value is -4.05. The van der Waals surface area contributed by atoms with Crippen LogP contribution in [0.4, 0.5) is 11.4 Å². The van der Waals surface area contributed by atoms with Gasteiger partial charge in [0, 0.05) is 22.6 Å². The van der Waals surface area contributed by atoms with E-state index in [4.69, 9.17) is 9.15 Å². The van der Waals surface area contributed by atoms with Crippen LogP contribution in [0, 0.1) is 0 Å². The third-order valence-corrected chi connectivity index (χ3v) is 6.11. The van der Waals surface area contributed by atoms with E-state index in [1.807, 2.05) is 60.7 Å². The first-order valence-corrected chi connectivity index (χ1v) is 10.2. The molecule has 0 aliphatic carbocycles. The fourth-order valence-corrected chi connectivity index (χ4v) is 4.77. The van der Waals surface area contributed by atoms with Gasteiger partial charge in [-0.1, -0.05) is 60.7 Å². The van der Waals surface area contributed by atoms with E-state index in [9.17, 15) is 4.79 Å². The van der Waals surface area contributed by atoms with Crippen molar-refractivity contribution in [3.8, 4) is 5.75 Å². The van der Waals surface area contributed by atoms with Crippen LogP contribution < -0.4 is 15.7 Å². The summed E-state index contributed by atoms with van der Waals surface area (Å²) >= 11 is 0. The summed E-state index contributed by atoms with van der Waals surface area (Å²) in [4.78, 5) is 13.4. The monoisotopic (exact) mass is 405 g/mol. The number of hydrogen-bond acceptors (Lipinski definition) is 4. The lowest BCUT2D eigenvalue weighted by molar-refractivity contribution is 0.408. The summed E-state index contributed by atoms with van der Waals surface area (Å²) in [5, 5.41) is 6.66. The highest BCUT2D eigenvalue weighted by molar-refractivity contribution is 6.00. The molecule has 1 aliphatic rings. The topological polar surface area (TPSA) is 51.5 Å². The van der Waals surface area contributed by atoms with Crippen LogP contribution in [0.2, 0.25) is 0 Å². The second-order valence-electron chi connectivity index (χ2n) is 7.72. The van der Waals surface area contributed by atoms with Crippen LogP contribution in [-0.4, -0.2) is 7.11 Å². The molecule has 0 radical (unpaired) electrons. The summed E-state index contributed by atoms with van der Waals surface area (Å²) in [5.74, 6) is 0.418. The van der Waals surface area contributed by atoms with Crippen molar-refractivity contribution >= 4 is 33.1 Å². The van der Waals surface area contributed by atoms with E-state index in [0.29, 0.717) is 11.1 Å². The fourth-order valence-electron chi connectivity index (χ4n) is 4.77. The number of benzene rings is 4. The summed E-state index contributed by atoms with van der Waals surface area (Å²) in [6.45, 7) is 0. The van der Waals surface area contributed by atoms with Gasteiger partial charge in [0.2, 0.25) is 0 Å². The van der Waals surface area contributed by atoms with Gasteiger partial charge in [-0.2, -0.15) is 0 Å². The third kappa shape index (κ3) is 2.58. The van der Waals surface area contributed by atoms with Crippen LogP contribution in [-0.2, 0) is 0 Å². The molecule has 0 saturated carbocycles. The Balaban J connectivity index is 1.78. The van der Waals surface area contributed by atoms with E-state index in [0.717, 1.165) is 44.4 Å². The number of para-hydroxylation sites is 2. The van der Waals surface area contributed by atoms with Gasteiger partial charge in [-0.15, -0.1) is 0 Å². The first kappa shape index (κ1) is 17.8. The van der Waals surface area contributed by atoms with Crippen LogP contribution in [0.25, 0.3) is 21.7 Å². The van der Waals surface area contributed by atoms with Crippen molar-refractivity contribution in [2.75, 3.05) is 12.4 Å². The molecule has 31 heavy (non-hydrogen) atoms. The highest BCUT2D eigenvalue weighted by Gasteiger charge is 2.34. The maximum absolute atomic E-state index is 13.4. The Bertz CT molecular complexity index is 1530. The van der Waals surface area contributed by atoms with Crippen molar-refractivity contribution in [3.05, 3.63) is 112 Å². The lowest BCUT2D eigenvalue weighted by Gasteiger charge is -2.31. The minimum Gasteiger partial charge on any atom is -0.496 e. The van der Waals surface area contributed by atoms with E-state index in [1.54, 1.807) is 7.11 Å². The van der Waals surface area contributed by atoms with Gasteiger partial charge in [-0.25, -0.2) is 4.79 Å². The molecule has 0 spiro atoms. The standard InChI is InChI=1S/C27H19NO3/c1-30-21-12-6-4-10-18(21)24-23-17-9-3-2-8-16(17)14-15-20(23)28-26-19-11-5-7-13-22(19)31-27(29)25(24)26/h2-15,24,28H,1H3. The van der Waals surface area contributed by atoms with Crippen molar-refractivity contribution in [2.24, 2.45) is 0 Å². The van der Waals surface area contributed by atoms with Crippen LogP contribution in [0.3, 0.4) is 0 Å². The molecule has 0 saturated heterocycles. The molecular formula is C27H19NO3. The molecule has 4 heteroatoms. The normalized spacial score (nSPS) is 14.7. The summed E-state index contributed by atoms with van der Waals surface area (Å²) in [7, 11) is 1.66. The Morgan fingerprint density at radius 1 is 0.806 bits per heavy atom. The quantitative estimate of drug-likeness (QED) is 0.349. The lowest BCUT2D eigenvalue weighted by Crippen LogP contribution is -2.23. The van der Waals surface area contributed by atoms with Gasteiger partial charge in [0.15, 0.2) is 0 Å². The zero-order chi connectivity index (χ0) is 20.9. The van der Waals surface area contributed by atoms with Gasteiger partial charge < -0.3 is 14.5 Å². The van der Waals surface area contributed by atoms with Gasteiger partial charge in [0.25, 0.3) is 0 Å². The zero-order valence-corrected chi connectivity index (χ0v) is 16.9. The van der Waals surface area contributed by atoms with Crippen LogP contribution in [0.1, 0.15) is 22.6 Å². The van der Waals surface area contributed by atoms with E-state index >= 15 is 0 Å². The molecule has 1 atom stereocenters. The summed E-state index contributed by atoms with van der Waals surface area (Å²) in [6.07, 6.45) is 0. The van der Waals surface area contributed by atoms with Gasteiger partial charge in [0.1, 0.15) is 11.3 Å². The number of hydrogen-bond donors (Lipinski definition) is 1. The largest absolute Gasteiger partial charge is 0.496 e. The average Bonchev–Trinajstić information content (AvgIpc) is 2.82. The lowest BCUT2D eigenvalue weighted by atomic mass is 9.78. The smallest absolute Gasteiger partial charge is 0.342 e. The summed E-state index contributed by atoms with van der Waals surface area (Å²) in [6, 6.07) is 28.0. The van der Waals surface area contributed by atoms with Crippen molar-refractivity contribution in [1.29, 1.82) is 0 Å². The molecule has 2 heterocycles. The maximum atomic E-state index is 13.4. The second-order valence-corrected chi connectivity index (χ2v) is 7.72. The number of anilines is 2. The third-order valence-electron chi connectivity index (χ3n) is 6.11. The molecule has 1 aliphatic heterocycles. The SMILES string of the molecule is COc1ccccc1C1c2c(c3ccccc3oc2=O)Nc2ccc3ccccc3c21. The molecule has 4 aromatic carbocycles. The minimum absolute atomic E-state index is 0.325.